The predicted molar refractivity (Wildman–Crippen MR) is 75.8 cm³/mol. The number of nitrogens with one attached hydrogen (secondary N) is 1. The Labute approximate surface area is 119 Å². The summed E-state index contributed by atoms with van der Waals surface area (Å²) in [6, 6.07) is 4.63. The third-order valence-corrected chi connectivity index (χ3v) is 5.49. The predicted octanol–water partition coefficient (Wildman–Crippen LogP) is 0.686. The molecule has 112 valence electrons. The molecule has 0 bridgehead atoms. The molecule has 2 rings (SSSR count). The molecule has 20 heavy (non-hydrogen) atoms. The summed E-state index contributed by atoms with van der Waals surface area (Å²) < 4.78 is 36.9. The lowest BCUT2D eigenvalue weighted by Crippen LogP contribution is -2.38. The van der Waals surface area contributed by atoms with Crippen LogP contribution in [0.3, 0.4) is 0 Å². The standard InChI is InChI=1S/C13H20N2O4S/c1-15(10-6-7-14-9-10)20(16,17)11-4-5-12(18-2)13(8-11)19-3/h4-5,8,10,14H,6-7,9H2,1-3H3. The summed E-state index contributed by atoms with van der Waals surface area (Å²) in [5.41, 5.74) is 0. The van der Waals surface area contributed by atoms with Crippen LogP contribution in [-0.4, -0.2) is 53.1 Å². The molecule has 1 fully saturated rings. The normalized spacial score (nSPS) is 19.3. The Hall–Kier alpha value is -1.31. The summed E-state index contributed by atoms with van der Waals surface area (Å²) in [7, 11) is 1.09. The van der Waals surface area contributed by atoms with Crippen molar-refractivity contribution in [2.24, 2.45) is 0 Å². The van der Waals surface area contributed by atoms with E-state index in [0.29, 0.717) is 18.0 Å². The van der Waals surface area contributed by atoms with Gasteiger partial charge >= 0.3 is 0 Å². The van der Waals surface area contributed by atoms with Crippen molar-refractivity contribution in [3.05, 3.63) is 18.2 Å². The maximum Gasteiger partial charge on any atom is 0.243 e. The quantitative estimate of drug-likeness (QED) is 0.866. The first kappa shape index (κ1) is 15.1. The van der Waals surface area contributed by atoms with Gasteiger partial charge in [-0.3, -0.25) is 0 Å². The van der Waals surface area contributed by atoms with Crippen LogP contribution in [0.25, 0.3) is 0 Å². The Bertz CT molecular complexity index is 568. The van der Waals surface area contributed by atoms with Gasteiger partial charge in [-0.05, 0) is 25.1 Å². The maximum atomic E-state index is 12.6. The van der Waals surface area contributed by atoms with Crippen molar-refractivity contribution in [1.82, 2.24) is 9.62 Å². The van der Waals surface area contributed by atoms with Crippen molar-refractivity contribution in [3.63, 3.8) is 0 Å². The van der Waals surface area contributed by atoms with Crippen LogP contribution in [0.2, 0.25) is 0 Å². The third kappa shape index (κ3) is 2.74. The maximum absolute atomic E-state index is 12.6. The number of nitrogens with zero attached hydrogens (tertiary/aromatic N) is 1. The minimum Gasteiger partial charge on any atom is -0.493 e. The third-order valence-electron chi connectivity index (χ3n) is 3.58. The first-order chi connectivity index (χ1) is 9.50. The number of likely N-dealkylation sites (N-methyl/N-ethyl adjacent to an activating group) is 1. The first-order valence-corrected chi connectivity index (χ1v) is 7.85. The minimum absolute atomic E-state index is 0.00639. The highest BCUT2D eigenvalue weighted by Gasteiger charge is 2.30. The molecular formula is C13H20N2O4S. The van der Waals surface area contributed by atoms with Crippen LogP contribution in [0, 0.1) is 0 Å². The summed E-state index contributed by atoms with van der Waals surface area (Å²) in [4.78, 5) is 0.213. The van der Waals surface area contributed by atoms with E-state index < -0.39 is 10.0 Å². The highest BCUT2D eigenvalue weighted by molar-refractivity contribution is 7.89. The van der Waals surface area contributed by atoms with Crippen molar-refractivity contribution >= 4 is 10.0 Å². The van der Waals surface area contributed by atoms with Crippen LogP contribution < -0.4 is 14.8 Å². The number of sulfonamides is 1. The molecular weight excluding hydrogens is 280 g/mol. The number of rotatable bonds is 5. The van der Waals surface area contributed by atoms with E-state index in [-0.39, 0.29) is 10.9 Å². The Morgan fingerprint density at radius 3 is 2.50 bits per heavy atom. The molecule has 1 saturated heterocycles. The van der Waals surface area contributed by atoms with Gasteiger partial charge < -0.3 is 14.8 Å². The lowest BCUT2D eigenvalue weighted by molar-refractivity contribution is 0.353. The van der Waals surface area contributed by atoms with Gasteiger partial charge in [0.2, 0.25) is 10.0 Å². The van der Waals surface area contributed by atoms with E-state index in [1.165, 1.54) is 30.7 Å². The van der Waals surface area contributed by atoms with Gasteiger partial charge in [0, 0.05) is 25.7 Å². The molecule has 0 aromatic heterocycles. The number of ether oxygens (including phenoxy) is 2. The molecule has 1 atom stereocenters. The van der Waals surface area contributed by atoms with Crippen LogP contribution in [-0.2, 0) is 10.0 Å². The van der Waals surface area contributed by atoms with E-state index in [1.54, 1.807) is 13.1 Å². The van der Waals surface area contributed by atoms with Crippen LogP contribution in [0.15, 0.2) is 23.1 Å². The molecule has 1 aromatic rings. The van der Waals surface area contributed by atoms with Crippen LogP contribution in [0.4, 0.5) is 0 Å². The molecule has 1 aromatic carbocycles. The molecule has 1 unspecified atom stereocenters. The van der Waals surface area contributed by atoms with Gasteiger partial charge in [0.1, 0.15) is 0 Å². The lowest BCUT2D eigenvalue weighted by atomic mass is 10.3. The molecule has 0 spiro atoms. The van der Waals surface area contributed by atoms with E-state index >= 15 is 0 Å². The monoisotopic (exact) mass is 300 g/mol. The highest BCUT2D eigenvalue weighted by atomic mass is 32.2. The fourth-order valence-electron chi connectivity index (χ4n) is 2.29. The van der Waals surface area contributed by atoms with Gasteiger partial charge in [-0.25, -0.2) is 8.42 Å². The van der Waals surface area contributed by atoms with Crippen LogP contribution in [0.1, 0.15) is 6.42 Å². The molecule has 0 radical (unpaired) electrons. The Morgan fingerprint density at radius 1 is 1.25 bits per heavy atom. The second-order valence-corrected chi connectivity index (χ2v) is 6.68. The number of methoxy groups -OCH3 is 2. The zero-order chi connectivity index (χ0) is 14.8. The van der Waals surface area contributed by atoms with Gasteiger partial charge in [0.15, 0.2) is 11.5 Å². The summed E-state index contributed by atoms with van der Waals surface area (Å²) in [6.45, 7) is 1.53. The van der Waals surface area contributed by atoms with Gasteiger partial charge in [-0.15, -0.1) is 0 Å². The molecule has 0 saturated carbocycles. The van der Waals surface area contributed by atoms with Gasteiger partial charge in [0.25, 0.3) is 0 Å². The van der Waals surface area contributed by atoms with Crippen molar-refractivity contribution in [3.8, 4) is 11.5 Å². The number of hydrogen-bond acceptors (Lipinski definition) is 5. The summed E-state index contributed by atoms with van der Waals surface area (Å²) in [6.07, 6.45) is 0.822. The fourth-order valence-corrected chi connectivity index (χ4v) is 3.69. The van der Waals surface area contributed by atoms with E-state index in [2.05, 4.69) is 5.32 Å². The summed E-state index contributed by atoms with van der Waals surface area (Å²) >= 11 is 0. The molecule has 1 heterocycles. The highest BCUT2D eigenvalue weighted by Crippen LogP contribution is 2.31. The average molecular weight is 300 g/mol. The molecule has 1 aliphatic rings. The molecule has 7 heteroatoms. The van der Waals surface area contributed by atoms with Crippen molar-refractivity contribution in [1.29, 1.82) is 0 Å². The Kier molecular flexibility index (Phi) is 4.52. The fraction of sp³-hybridized carbons (Fsp3) is 0.538. The van der Waals surface area contributed by atoms with Gasteiger partial charge in [0.05, 0.1) is 19.1 Å². The first-order valence-electron chi connectivity index (χ1n) is 6.41. The smallest absolute Gasteiger partial charge is 0.243 e. The molecule has 6 nitrogen and oxygen atoms in total. The number of hydrogen-bond donors (Lipinski definition) is 1. The zero-order valence-corrected chi connectivity index (χ0v) is 12.7. The average Bonchev–Trinajstić information content (AvgIpc) is 2.99. The van der Waals surface area contributed by atoms with E-state index in [0.717, 1.165) is 13.0 Å². The zero-order valence-electron chi connectivity index (χ0n) is 11.9. The SMILES string of the molecule is COc1ccc(S(=O)(=O)N(C)C2CCNC2)cc1OC. The van der Waals surface area contributed by atoms with E-state index in [1.807, 2.05) is 0 Å². The molecule has 0 amide bonds. The largest absolute Gasteiger partial charge is 0.493 e. The minimum atomic E-state index is -3.52. The van der Waals surface area contributed by atoms with Crippen LogP contribution >= 0.6 is 0 Å². The topological polar surface area (TPSA) is 67.9 Å². The van der Waals surface area contributed by atoms with Crippen molar-refractivity contribution in [2.45, 2.75) is 17.4 Å². The van der Waals surface area contributed by atoms with Crippen molar-refractivity contribution < 1.29 is 17.9 Å². The Balaban J connectivity index is 2.33. The second kappa shape index (κ2) is 5.99. The summed E-state index contributed by atoms with van der Waals surface area (Å²) in [5, 5.41) is 3.17. The molecule has 1 N–H and O–H groups in total. The van der Waals surface area contributed by atoms with E-state index in [4.69, 9.17) is 9.47 Å². The number of benzene rings is 1. The van der Waals surface area contributed by atoms with E-state index in [9.17, 15) is 8.42 Å². The van der Waals surface area contributed by atoms with Gasteiger partial charge in [-0.1, -0.05) is 0 Å². The second-order valence-electron chi connectivity index (χ2n) is 4.68. The molecule has 1 aliphatic heterocycles. The molecule has 0 aliphatic carbocycles. The van der Waals surface area contributed by atoms with Crippen molar-refractivity contribution in [2.75, 3.05) is 34.4 Å². The van der Waals surface area contributed by atoms with Crippen LogP contribution in [0.5, 0.6) is 11.5 Å². The summed E-state index contributed by atoms with van der Waals surface area (Å²) in [5.74, 6) is 0.920. The lowest BCUT2D eigenvalue weighted by Gasteiger charge is -2.23. The Morgan fingerprint density at radius 2 is 1.95 bits per heavy atom. The van der Waals surface area contributed by atoms with Gasteiger partial charge in [-0.2, -0.15) is 4.31 Å².